The topological polar surface area (TPSA) is 91.1 Å². The first kappa shape index (κ1) is 32.2. The van der Waals surface area contributed by atoms with Crippen molar-refractivity contribution in [2.75, 3.05) is 25.7 Å². The van der Waals surface area contributed by atoms with Crippen LogP contribution in [0.3, 0.4) is 0 Å². The molecule has 0 amide bonds. The first-order chi connectivity index (χ1) is 20.6. The van der Waals surface area contributed by atoms with E-state index in [0.717, 1.165) is 47.5 Å². The maximum Gasteiger partial charge on any atom is 0.491 e. The van der Waals surface area contributed by atoms with Gasteiger partial charge in [0.25, 0.3) is 0 Å². The average Bonchev–Trinajstić information content (AvgIpc) is 3.00. The van der Waals surface area contributed by atoms with Gasteiger partial charge in [0.15, 0.2) is 0 Å². The molecule has 3 aromatic carbocycles. The summed E-state index contributed by atoms with van der Waals surface area (Å²) in [6.07, 6.45) is -1.31. The van der Waals surface area contributed by atoms with Crippen molar-refractivity contribution in [2.45, 2.75) is 67.5 Å². The molecule has 0 spiro atoms. The van der Waals surface area contributed by atoms with Crippen LogP contribution in [0.15, 0.2) is 64.4 Å². The van der Waals surface area contributed by atoms with Crippen LogP contribution in [0.5, 0.6) is 11.5 Å². The van der Waals surface area contributed by atoms with Crippen molar-refractivity contribution >= 4 is 35.1 Å². The van der Waals surface area contributed by atoms with E-state index < -0.39 is 24.0 Å². The summed E-state index contributed by atoms with van der Waals surface area (Å²) in [5, 5.41) is 0. The Labute approximate surface area is 253 Å². The monoisotopic (exact) mass is 616 g/mol. The number of hydrogen-bond donors (Lipinski definition) is 1. The van der Waals surface area contributed by atoms with E-state index in [9.17, 15) is 22.8 Å². The number of unbranched alkanes of at least 4 members (excludes halogenated alkanes) is 3. The van der Waals surface area contributed by atoms with Crippen molar-refractivity contribution in [3.63, 3.8) is 0 Å². The van der Waals surface area contributed by atoms with E-state index in [-0.39, 0.29) is 18.7 Å². The number of rotatable bonds is 12. The summed E-state index contributed by atoms with van der Waals surface area (Å²) in [6, 6.07) is 16.2. The highest BCUT2D eigenvalue weighted by Crippen LogP contribution is 2.55. The number of nitrogens with zero attached hydrogens (tertiary/aromatic N) is 1. The van der Waals surface area contributed by atoms with Gasteiger partial charge in [-0.1, -0.05) is 68.3 Å². The number of esters is 2. The second kappa shape index (κ2) is 14.2. The average molecular weight is 617 g/mol. The number of carbonyl (C=O) groups is 2. The molecule has 1 unspecified atom stereocenters. The SMILES string of the molecule is CCCCCCN1c2ccc(OC)c(CN)c2Sc2c1ccc(OC)c2C(Cc1ccccc1)C(=O)OC(=O)C(F)(F)F. The Morgan fingerprint density at radius 1 is 0.907 bits per heavy atom. The van der Waals surface area contributed by atoms with Gasteiger partial charge in [0, 0.05) is 34.0 Å². The molecule has 0 aliphatic carbocycles. The lowest BCUT2D eigenvalue weighted by molar-refractivity contribution is -0.202. The molecule has 1 aliphatic heterocycles. The fourth-order valence-corrected chi connectivity index (χ4v) is 6.68. The number of fused-ring (bicyclic) bond motifs is 2. The zero-order valence-corrected chi connectivity index (χ0v) is 25.1. The molecule has 230 valence electrons. The lowest BCUT2D eigenvalue weighted by Crippen LogP contribution is -2.31. The van der Waals surface area contributed by atoms with E-state index in [1.54, 1.807) is 43.5 Å². The third kappa shape index (κ3) is 7.10. The number of alkyl halides is 3. The summed E-state index contributed by atoms with van der Waals surface area (Å²) in [6.45, 7) is 2.96. The van der Waals surface area contributed by atoms with Gasteiger partial charge in [-0.25, -0.2) is 4.79 Å². The second-order valence-electron chi connectivity index (χ2n) is 10.1. The predicted molar refractivity (Wildman–Crippen MR) is 159 cm³/mol. The number of halogens is 3. The van der Waals surface area contributed by atoms with Gasteiger partial charge in [-0.15, -0.1) is 0 Å². The molecule has 4 rings (SSSR count). The molecule has 0 bridgehead atoms. The Morgan fingerprint density at radius 2 is 1.56 bits per heavy atom. The second-order valence-corrected chi connectivity index (χ2v) is 11.1. The maximum atomic E-state index is 13.5. The third-order valence-corrected chi connectivity index (χ3v) is 8.63. The molecule has 1 heterocycles. The minimum Gasteiger partial charge on any atom is -0.496 e. The van der Waals surface area contributed by atoms with Crippen LogP contribution in [0.4, 0.5) is 24.5 Å². The van der Waals surface area contributed by atoms with Crippen molar-refractivity contribution in [3.05, 3.63) is 71.3 Å². The van der Waals surface area contributed by atoms with Crippen LogP contribution in [-0.2, 0) is 27.3 Å². The molecular weight excluding hydrogens is 581 g/mol. The first-order valence-corrected chi connectivity index (χ1v) is 14.9. The van der Waals surface area contributed by atoms with Crippen LogP contribution >= 0.6 is 11.8 Å². The van der Waals surface area contributed by atoms with Crippen LogP contribution in [0.2, 0.25) is 0 Å². The minimum absolute atomic E-state index is 0.0244. The van der Waals surface area contributed by atoms with Crippen molar-refractivity contribution in [1.29, 1.82) is 0 Å². The third-order valence-electron chi connectivity index (χ3n) is 7.34. The van der Waals surface area contributed by atoms with Gasteiger partial charge in [0.05, 0.1) is 31.5 Å². The lowest BCUT2D eigenvalue weighted by atomic mass is 9.90. The van der Waals surface area contributed by atoms with Crippen LogP contribution in [0.1, 0.15) is 55.2 Å². The van der Waals surface area contributed by atoms with Crippen molar-refractivity contribution in [3.8, 4) is 11.5 Å². The smallest absolute Gasteiger partial charge is 0.491 e. The van der Waals surface area contributed by atoms with Gasteiger partial charge < -0.3 is 24.8 Å². The number of benzene rings is 3. The normalized spacial score (nSPS) is 13.1. The fourth-order valence-electron chi connectivity index (χ4n) is 5.25. The van der Waals surface area contributed by atoms with E-state index in [1.165, 1.54) is 18.9 Å². The molecule has 0 saturated carbocycles. The highest BCUT2D eigenvalue weighted by Gasteiger charge is 2.44. The molecule has 0 radical (unpaired) electrons. The standard InChI is InChI=1S/C32H35F3N2O5S/c1-4-5-6-10-17-37-23-13-15-25(40-2)22(19-36)28(23)43-29-24(37)14-16-26(41-3)27(29)21(18-20-11-8-7-9-12-20)30(38)42-31(39)32(33,34)35/h7-9,11-16,21H,4-6,10,17-19,36H2,1-3H3. The van der Waals surface area contributed by atoms with E-state index in [2.05, 4.69) is 16.6 Å². The molecule has 1 aliphatic rings. The van der Waals surface area contributed by atoms with E-state index in [0.29, 0.717) is 28.3 Å². The molecule has 0 aromatic heterocycles. The van der Waals surface area contributed by atoms with Gasteiger partial charge >= 0.3 is 18.1 Å². The summed E-state index contributed by atoms with van der Waals surface area (Å²) in [5.41, 5.74) is 9.66. The van der Waals surface area contributed by atoms with Gasteiger partial charge in [0.2, 0.25) is 0 Å². The number of methoxy groups -OCH3 is 2. The van der Waals surface area contributed by atoms with Crippen molar-refractivity contribution in [1.82, 2.24) is 0 Å². The van der Waals surface area contributed by atoms with E-state index >= 15 is 0 Å². The van der Waals surface area contributed by atoms with Gasteiger partial charge in [-0.05, 0) is 42.7 Å². The highest BCUT2D eigenvalue weighted by molar-refractivity contribution is 7.99. The quantitative estimate of drug-likeness (QED) is 0.129. The zero-order valence-electron chi connectivity index (χ0n) is 24.3. The largest absolute Gasteiger partial charge is 0.496 e. The summed E-state index contributed by atoms with van der Waals surface area (Å²) in [4.78, 5) is 28.9. The molecular formula is C32H35F3N2O5S. The van der Waals surface area contributed by atoms with Gasteiger partial charge in [-0.2, -0.15) is 13.2 Å². The van der Waals surface area contributed by atoms with Crippen LogP contribution < -0.4 is 20.1 Å². The number of anilines is 2. The zero-order chi connectivity index (χ0) is 31.1. The summed E-state index contributed by atoms with van der Waals surface area (Å²) in [7, 11) is 2.98. The minimum atomic E-state index is -5.33. The molecule has 0 fully saturated rings. The predicted octanol–water partition coefficient (Wildman–Crippen LogP) is 7.30. The number of nitrogens with two attached hydrogens (primary N) is 1. The Kier molecular flexibility index (Phi) is 10.6. The number of carbonyl (C=O) groups excluding carboxylic acids is 2. The highest BCUT2D eigenvalue weighted by atomic mass is 32.2. The van der Waals surface area contributed by atoms with Crippen LogP contribution in [0, 0.1) is 0 Å². The Bertz CT molecular complexity index is 1450. The summed E-state index contributed by atoms with van der Waals surface area (Å²) >= 11 is 1.35. The lowest BCUT2D eigenvalue weighted by Gasteiger charge is -2.36. The summed E-state index contributed by atoms with van der Waals surface area (Å²) in [5.74, 6) is -4.28. The number of hydrogen-bond acceptors (Lipinski definition) is 8. The molecule has 0 saturated heterocycles. The Balaban J connectivity index is 1.92. The molecule has 3 aromatic rings. The van der Waals surface area contributed by atoms with Gasteiger partial charge in [-0.3, -0.25) is 4.79 Å². The van der Waals surface area contributed by atoms with Gasteiger partial charge in [0.1, 0.15) is 11.5 Å². The Hall–Kier alpha value is -3.70. The Morgan fingerprint density at radius 3 is 2.16 bits per heavy atom. The van der Waals surface area contributed by atoms with Crippen LogP contribution in [-0.4, -0.2) is 38.9 Å². The molecule has 11 heteroatoms. The van der Waals surface area contributed by atoms with E-state index in [4.69, 9.17) is 15.2 Å². The maximum absolute atomic E-state index is 13.5. The molecule has 1 atom stereocenters. The fraction of sp³-hybridized carbons (Fsp3) is 0.375. The number of ether oxygens (including phenoxy) is 3. The molecule has 2 N–H and O–H groups in total. The first-order valence-electron chi connectivity index (χ1n) is 14.1. The van der Waals surface area contributed by atoms with Crippen molar-refractivity contribution < 1.29 is 37.0 Å². The van der Waals surface area contributed by atoms with Crippen LogP contribution in [0.25, 0.3) is 0 Å². The summed E-state index contributed by atoms with van der Waals surface area (Å²) < 4.78 is 55.3. The molecule has 7 nitrogen and oxygen atoms in total. The molecule has 43 heavy (non-hydrogen) atoms. The van der Waals surface area contributed by atoms with Crippen molar-refractivity contribution in [2.24, 2.45) is 5.73 Å². The van der Waals surface area contributed by atoms with E-state index in [1.807, 2.05) is 18.2 Å².